The number of thioether (sulfide) groups is 1. The Morgan fingerprint density at radius 1 is 1.12 bits per heavy atom. The summed E-state index contributed by atoms with van der Waals surface area (Å²) in [6, 6.07) is 18.0. The lowest BCUT2D eigenvalue weighted by molar-refractivity contribution is -0.132. The fourth-order valence-electron chi connectivity index (χ4n) is 5.10. The standard InChI is InChI=1S/C31H24ClN3O6S2/c1-16-13-21-14-19(11-12-23(21)41-16)26(36)24-25(17-7-9-18(10-8-17)29(39)40-2)35(28(38)27(24)37)30-33-34-31(43-30)42-15-20-5-3-4-6-22(20)32/h3-12,14,16,25,36H,13,15H2,1-2H3. The van der Waals surface area contributed by atoms with Crippen LogP contribution in [-0.4, -0.2) is 46.2 Å². The number of esters is 1. The number of fused-ring (bicyclic) bond motifs is 1. The van der Waals surface area contributed by atoms with Gasteiger partial charge in [0.05, 0.1) is 24.3 Å². The zero-order valence-electron chi connectivity index (χ0n) is 22.9. The lowest BCUT2D eigenvalue weighted by Gasteiger charge is -2.22. The van der Waals surface area contributed by atoms with Crippen LogP contribution in [-0.2, 0) is 26.5 Å². The predicted molar refractivity (Wildman–Crippen MR) is 164 cm³/mol. The van der Waals surface area contributed by atoms with Crippen LogP contribution in [0.25, 0.3) is 5.76 Å². The number of Topliss-reactive ketones (excluding diaryl/α,β-unsaturated/α-hetero) is 1. The van der Waals surface area contributed by atoms with E-state index in [1.165, 1.54) is 23.8 Å². The largest absolute Gasteiger partial charge is 0.507 e. The van der Waals surface area contributed by atoms with E-state index in [1.807, 2.05) is 31.2 Å². The zero-order chi connectivity index (χ0) is 30.2. The Morgan fingerprint density at radius 2 is 1.86 bits per heavy atom. The van der Waals surface area contributed by atoms with E-state index in [9.17, 15) is 19.5 Å². The summed E-state index contributed by atoms with van der Waals surface area (Å²) in [5.41, 5.74) is 2.90. The van der Waals surface area contributed by atoms with Gasteiger partial charge in [-0.2, -0.15) is 0 Å². The molecule has 2 unspecified atom stereocenters. The number of carbonyl (C=O) groups excluding carboxylic acids is 3. The molecular weight excluding hydrogens is 610 g/mol. The van der Waals surface area contributed by atoms with E-state index in [4.69, 9.17) is 21.1 Å². The quantitative estimate of drug-likeness (QED) is 0.0632. The van der Waals surface area contributed by atoms with Gasteiger partial charge in [-0.15, -0.1) is 10.2 Å². The number of hydrogen-bond donors (Lipinski definition) is 1. The minimum atomic E-state index is -1.02. The van der Waals surface area contributed by atoms with Crippen LogP contribution in [0.3, 0.4) is 0 Å². The van der Waals surface area contributed by atoms with Crippen molar-refractivity contribution in [3.05, 3.63) is 105 Å². The number of amides is 1. The van der Waals surface area contributed by atoms with E-state index in [2.05, 4.69) is 10.2 Å². The molecule has 0 radical (unpaired) electrons. The van der Waals surface area contributed by atoms with E-state index in [-0.39, 0.29) is 22.6 Å². The number of hydrogen-bond acceptors (Lipinski definition) is 10. The fraction of sp³-hybridized carbons (Fsp3) is 0.194. The molecule has 3 aromatic carbocycles. The number of carbonyl (C=O) groups is 3. The Morgan fingerprint density at radius 3 is 2.60 bits per heavy atom. The van der Waals surface area contributed by atoms with Crippen LogP contribution in [0.4, 0.5) is 5.13 Å². The lowest BCUT2D eigenvalue weighted by atomic mass is 9.94. The van der Waals surface area contributed by atoms with Gasteiger partial charge in [0.1, 0.15) is 17.6 Å². The van der Waals surface area contributed by atoms with Crippen molar-refractivity contribution in [3.8, 4) is 5.75 Å². The van der Waals surface area contributed by atoms with Crippen molar-refractivity contribution in [2.24, 2.45) is 0 Å². The second-order valence-corrected chi connectivity index (χ2v) is 12.6. The molecule has 12 heteroatoms. The number of nitrogens with zero attached hydrogens (tertiary/aromatic N) is 3. The van der Waals surface area contributed by atoms with Gasteiger partial charge in [0.2, 0.25) is 5.13 Å². The Bertz CT molecular complexity index is 1790. The molecule has 1 saturated heterocycles. The number of ether oxygens (including phenoxy) is 2. The smallest absolute Gasteiger partial charge is 0.337 e. The summed E-state index contributed by atoms with van der Waals surface area (Å²) in [5.74, 6) is -1.30. The van der Waals surface area contributed by atoms with Gasteiger partial charge in [0, 0.05) is 22.8 Å². The van der Waals surface area contributed by atoms with Crippen molar-refractivity contribution in [1.82, 2.24) is 10.2 Å². The summed E-state index contributed by atoms with van der Waals surface area (Å²) in [6.07, 6.45) is 0.650. The number of aliphatic hydroxyl groups is 1. The molecule has 4 aromatic rings. The normalized spacial score (nSPS) is 18.9. The van der Waals surface area contributed by atoms with Gasteiger partial charge in [-0.3, -0.25) is 14.5 Å². The summed E-state index contributed by atoms with van der Waals surface area (Å²) < 4.78 is 11.2. The van der Waals surface area contributed by atoms with E-state index in [0.29, 0.717) is 38.2 Å². The van der Waals surface area contributed by atoms with Gasteiger partial charge >= 0.3 is 11.9 Å². The molecule has 1 N–H and O–H groups in total. The molecule has 3 heterocycles. The first kappa shape index (κ1) is 28.9. The molecule has 218 valence electrons. The van der Waals surface area contributed by atoms with Crippen molar-refractivity contribution in [2.75, 3.05) is 12.0 Å². The highest BCUT2D eigenvalue weighted by Crippen LogP contribution is 2.45. The van der Waals surface area contributed by atoms with Crippen molar-refractivity contribution >= 4 is 63.3 Å². The Labute approximate surface area is 260 Å². The summed E-state index contributed by atoms with van der Waals surface area (Å²) in [6.45, 7) is 1.95. The summed E-state index contributed by atoms with van der Waals surface area (Å²) in [4.78, 5) is 40.5. The van der Waals surface area contributed by atoms with Crippen LogP contribution in [0, 0.1) is 0 Å². The molecule has 1 aromatic heterocycles. The Kier molecular flexibility index (Phi) is 7.95. The van der Waals surface area contributed by atoms with Crippen LogP contribution in [0.15, 0.2) is 76.6 Å². The molecule has 0 saturated carbocycles. The molecule has 1 amide bonds. The monoisotopic (exact) mass is 633 g/mol. The third-order valence-electron chi connectivity index (χ3n) is 7.17. The summed E-state index contributed by atoms with van der Waals surface area (Å²) in [7, 11) is 1.28. The van der Waals surface area contributed by atoms with Crippen LogP contribution in [0.1, 0.15) is 45.6 Å². The maximum atomic E-state index is 13.6. The first-order chi connectivity index (χ1) is 20.7. The van der Waals surface area contributed by atoms with Crippen molar-refractivity contribution in [1.29, 1.82) is 0 Å². The number of anilines is 1. The highest BCUT2D eigenvalue weighted by molar-refractivity contribution is 8.00. The molecule has 43 heavy (non-hydrogen) atoms. The predicted octanol–water partition coefficient (Wildman–Crippen LogP) is 6.22. The summed E-state index contributed by atoms with van der Waals surface area (Å²) >= 11 is 8.85. The fourth-order valence-corrected chi connectivity index (χ4v) is 7.26. The first-order valence-electron chi connectivity index (χ1n) is 13.2. The molecular formula is C31H24ClN3O6S2. The van der Waals surface area contributed by atoms with E-state index >= 15 is 0 Å². The Balaban J connectivity index is 1.40. The molecule has 1 fully saturated rings. The number of benzene rings is 3. The van der Waals surface area contributed by atoms with Gasteiger partial charge in [0.15, 0.2) is 4.34 Å². The van der Waals surface area contributed by atoms with Crippen molar-refractivity contribution in [3.63, 3.8) is 0 Å². The van der Waals surface area contributed by atoms with Gasteiger partial charge in [0.25, 0.3) is 5.78 Å². The van der Waals surface area contributed by atoms with Crippen molar-refractivity contribution < 1.29 is 29.0 Å². The third-order valence-corrected chi connectivity index (χ3v) is 9.65. The second-order valence-electron chi connectivity index (χ2n) is 9.97. The van der Waals surface area contributed by atoms with Gasteiger partial charge in [-0.25, -0.2) is 4.79 Å². The average molecular weight is 634 g/mol. The van der Waals surface area contributed by atoms with E-state index in [1.54, 1.807) is 42.5 Å². The number of aliphatic hydroxyl groups excluding tert-OH is 1. The highest BCUT2D eigenvalue weighted by atomic mass is 35.5. The molecule has 2 atom stereocenters. The SMILES string of the molecule is COC(=O)c1ccc(C2C(=C(O)c3ccc4c(c3)CC(C)O4)C(=O)C(=O)N2c2nnc(SCc3ccccc3Cl)s2)cc1. The molecule has 2 aliphatic heterocycles. The zero-order valence-corrected chi connectivity index (χ0v) is 25.3. The maximum absolute atomic E-state index is 13.6. The van der Waals surface area contributed by atoms with Gasteiger partial charge < -0.3 is 14.6 Å². The van der Waals surface area contributed by atoms with Crippen LogP contribution < -0.4 is 9.64 Å². The minimum Gasteiger partial charge on any atom is -0.507 e. The number of rotatable bonds is 7. The molecule has 0 aliphatic carbocycles. The number of methoxy groups -OCH3 is 1. The highest BCUT2D eigenvalue weighted by Gasteiger charge is 2.48. The lowest BCUT2D eigenvalue weighted by Crippen LogP contribution is -2.29. The number of halogens is 1. The second kappa shape index (κ2) is 11.8. The van der Waals surface area contributed by atoms with Crippen LogP contribution >= 0.6 is 34.7 Å². The maximum Gasteiger partial charge on any atom is 0.337 e. The number of aromatic nitrogens is 2. The van der Waals surface area contributed by atoms with Crippen LogP contribution in [0.2, 0.25) is 5.02 Å². The van der Waals surface area contributed by atoms with Gasteiger partial charge in [-0.1, -0.05) is 65.0 Å². The molecule has 0 spiro atoms. The molecule has 0 bridgehead atoms. The molecule has 6 rings (SSSR count). The molecule has 2 aliphatic rings. The van der Waals surface area contributed by atoms with Crippen molar-refractivity contribution in [2.45, 2.75) is 35.6 Å². The van der Waals surface area contributed by atoms with Crippen LogP contribution in [0.5, 0.6) is 5.75 Å². The first-order valence-corrected chi connectivity index (χ1v) is 15.4. The topological polar surface area (TPSA) is 119 Å². The third kappa shape index (κ3) is 5.51. The van der Waals surface area contributed by atoms with E-state index in [0.717, 1.165) is 28.2 Å². The number of ketones is 1. The van der Waals surface area contributed by atoms with E-state index < -0.39 is 23.7 Å². The van der Waals surface area contributed by atoms with Gasteiger partial charge in [-0.05, 0) is 60.0 Å². The Hall–Kier alpha value is -4.19. The minimum absolute atomic E-state index is 0.00585. The average Bonchev–Trinajstić information content (AvgIpc) is 3.70. The molecule has 9 nitrogen and oxygen atoms in total. The summed E-state index contributed by atoms with van der Waals surface area (Å²) in [5, 5.41) is 20.9.